The van der Waals surface area contributed by atoms with Crippen LogP contribution in [0.15, 0.2) is 0 Å². The van der Waals surface area contributed by atoms with E-state index in [9.17, 15) is 0 Å². The van der Waals surface area contributed by atoms with Crippen molar-refractivity contribution in [2.45, 2.75) is 64.1 Å². The first kappa shape index (κ1) is 12.2. The second-order valence-electron chi connectivity index (χ2n) is 5.59. The van der Waals surface area contributed by atoms with Gasteiger partial charge in [-0.1, -0.05) is 49.3 Å². The molecule has 3 atom stereocenters. The second-order valence-corrected chi connectivity index (χ2v) is 6.47. The molecule has 0 bridgehead atoms. The summed E-state index contributed by atoms with van der Waals surface area (Å²) in [6.07, 6.45) is 8.69. The van der Waals surface area contributed by atoms with Crippen molar-refractivity contribution in [1.82, 2.24) is 0 Å². The Hall–Kier alpha value is 0.690. The molecular formula is C13H23IO. The number of rotatable bonds is 2. The minimum absolute atomic E-state index is 0.280. The molecule has 2 heteroatoms. The molecule has 3 unspecified atom stereocenters. The van der Waals surface area contributed by atoms with Crippen molar-refractivity contribution in [3.05, 3.63) is 0 Å². The molecule has 1 aliphatic carbocycles. The van der Waals surface area contributed by atoms with Gasteiger partial charge in [0, 0.05) is 4.43 Å². The Kier molecular flexibility index (Phi) is 3.98. The van der Waals surface area contributed by atoms with E-state index in [4.69, 9.17) is 4.74 Å². The van der Waals surface area contributed by atoms with E-state index in [1.165, 1.54) is 43.0 Å². The molecule has 1 heterocycles. The molecular weight excluding hydrogens is 299 g/mol. The summed E-state index contributed by atoms with van der Waals surface area (Å²) in [5.74, 6) is 1.61. The summed E-state index contributed by atoms with van der Waals surface area (Å²) in [7, 11) is 0. The first-order valence-electron chi connectivity index (χ1n) is 6.42. The van der Waals surface area contributed by atoms with Crippen LogP contribution < -0.4 is 0 Å². The molecule has 1 aliphatic heterocycles. The van der Waals surface area contributed by atoms with Crippen LogP contribution in [0.2, 0.25) is 0 Å². The number of alkyl halides is 1. The fraction of sp³-hybridized carbons (Fsp3) is 1.00. The van der Waals surface area contributed by atoms with E-state index in [1.54, 1.807) is 0 Å². The van der Waals surface area contributed by atoms with E-state index < -0.39 is 0 Å². The topological polar surface area (TPSA) is 9.23 Å². The Bertz CT molecular complexity index is 217. The zero-order valence-corrected chi connectivity index (χ0v) is 12.1. The van der Waals surface area contributed by atoms with Crippen molar-refractivity contribution in [3.63, 3.8) is 0 Å². The van der Waals surface area contributed by atoms with E-state index in [0.717, 1.165) is 11.8 Å². The van der Waals surface area contributed by atoms with Gasteiger partial charge in [0.15, 0.2) is 0 Å². The van der Waals surface area contributed by atoms with Crippen molar-refractivity contribution in [2.24, 2.45) is 11.8 Å². The first-order chi connectivity index (χ1) is 7.18. The molecule has 2 fully saturated rings. The molecule has 0 aromatic carbocycles. The highest BCUT2D eigenvalue weighted by Gasteiger charge is 2.47. The Balaban J connectivity index is 2.10. The van der Waals surface area contributed by atoms with Gasteiger partial charge in [-0.3, -0.25) is 0 Å². The second kappa shape index (κ2) is 4.91. The third-order valence-electron chi connectivity index (χ3n) is 4.31. The first-order valence-corrected chi connectivity index (χ1v) is 7.94. The monoisotopic (exact) mass is 322 g/mol. The molecule has 0 aromatic heterocycles. The van der Waals surface area contributed by atoms with Gasteiger partial charge in [-0.25, -0.2) is 0 Å². The molecule has 2 aliphatic rings. The lowest BCUT2D eigenvalue weighted by atomic mass is 9.69. The number of halogens is 1. The molecule has 0 amide bonds. The summed E-state index contributed by atoms with van der Waals surface area (Å²) in [6, 6.07) is 0. The van der Waals surface area contributed by atoms with Crippen molar-refractivity contribution in [2.75, 3.05) is 4.43 Å². The van der Waals surface area contributed by atoms with E-state index >= 15 is 0 Å². The van der Waals surface area contributed by atoms with Crippen LogP contribution in [0.5, 0.6) is 0 Å². The third kappa shape index (κ3) is 2.36. The van der Waals surface area contributed by atoms with Gasteiger partial charge in [0.1, 0.15) is 0 Å². The summed E-state index contributed by atoms with van der Waals surface area (Å²) in [4.78, 5) is 0. The maximum absolute atomic E-state index is 6.41. The van der Waals surface area contributed by atoms with Gasteiger partial charge in [-0.2, -0.15) is 0 Å². The highest BCUT2D eigenvalue weighted by Crippen LogP contribution is 2.48. The molecule has 0 radical (unpaired) electrons. The van der Waals surface area contributed by atoms with Crippen molar-refractivity contribution in [3.8, 4) is 0 Å². The van der Waals surface area contributed by atoms with Gasteiger partial charge in [-0.05, 0) is 37.5 Å². The summed E-state index contributed by atoms with van der Waals surface area (Å²) in [5, 5.41) is 0. The lowest BCUT2D eigenvalue weighted by Gasteiger charge is -2.43. The Morgan fingerprint density at radius 2 is 2.07 bits per heavy atom. The van der Waals surface area contributed by atoms with Crippen LogP contribution in [0, 0.1) is 11.8 Å². The van der Waals surface area contributed by atoms with Crippen LogP contribution in [-0.2, 0) is 4.74 Å². The van der Waals surface area contributed by atoms with Crippen LogP contribution in [0.1, 0.15) is 52.4 Å². The van der Waals surface area contributed by atoms with E-state index in [2.05, 4.69) is 36.4 Å². The van der Waals surface area contributed by atoms with Gasteiger partial charge in [0.25, 0.3) is 0 Å². The van der Waals surface area contributed by atoms with Gasteiger partial charge >= 0.3 is 0 Å². The van der Waals surface area contributed by atoms with E-state index in [0.29, 0.717) is 6.10 Å². The Morgan fingerprint density at radius 1 is 1.27 bits per heavy atom. The SMILES string of the molecule is CC(C)C1CCCCC12CCC(CI)O2. The highest BCUT2D eigenvalue weighted by molar-refractivity contribution is 14.1. The average Bonchev–Trinajstić information content (AvgIpc) is 2.62. The fourth-order valence-electron chi connectivity index (χ4n) is 3.60. The zero-order chi connectivity index (χ0) is 10.9. The lowest BCUT2D eigenvalue weighted by Crippen LogP contribution is -2.43. The average molecular weight is 322 g/mol. The molecule has 1 saturated carbocycles. The zero-order valence-electron chi connectivity index (χ0n) is 9.97. The quantitative estimate of drug-likeness (QED) is 0.547. The molecule has 1 spiro atoms. The molecule has 2 rings (SSSR count). The molecule has 88 valence electrons. The number of hydrogen-bond acceptors (Lipinski definition) is 1. The van der Waals surface area contributed by atoms with Crippen LogP contribution >= 0.6 is 22.6 Å². The Labute approximate surface area is 107 Å². The highest BCUT2D eigenvalue weighted by atomic mass is 127. The fourth-order valence-corrected chi connectivity index (χ4v) is 4.22. The number of ether oxygens (including phenoxy) is 1. The normalized spacial score (nSPS) is 41.6. The van der Waals surface area contributed by atoms with Crippen LogP contribution in [0.3, 0.4) is 0 Å². The van der Waals surface area contributed by atoms with Crippen molar-refractivity contribution in [1.29, 1.82) is 0 Å². The van der Waals surface area contributed by atoms with Crippen molar-refractivity contribution < 1.29 is 4.74 Å². The van der Waals surface area contributed by atoms with Crippen LogP contribution in [-0.4, -0.2) is 16.1 Å². The molecule has 1 saturated heterocycles. The van der Waals surface area contributed by atoms with Gasteiger partial charge in [-0.15, -0.1) is 0 Å². The van der Waals surface area contributed by atoms with Gasteiger partial charge in [0.05, 0.1) is 11.7 Å². The van der Waals surface area contributed by atoms with Crippen LogP contribution in [0.25, 0.3) is 0 Å². The summed E-state index contributed by atoms with van der Waals surface area (Å²) in [6.45, 7) is 4.75. The molecule has 15 heavy (non-hydrogen) atoms. The van der Waals surface area contributed by atoms with Crippen molar-refractivity contribution >= 4 is 22.6 Å². The van der Waals surface area contributed by atoms with E-state index in [-0.39, 0.29) is 5.60 Å². The lowest BCUT2D eigenvalue weighted by molar-refractivity contribution is -0.106. The maximum atomic E-state index is 6.41. The summed E-state index contributed by atoms with van der Waals surface area (Å²) >= 11 is 2.47. The summed E-state index contributed by atoms with van der Waals surface area (Å²) < 4.78 is 7.58. The number of hydrogen-bond donors (Lipinski definition) is 0. The van der Waals surface area contributed by atoms with Gasteiger partial charge < -0.3 is 4.74 Å². The standard InChI is InChI=1S/C13H23IO/c1-10(2)12-5-3-4-7-13(12)8-6-11(9-14)15-13/h10-12H,3-9H2,1-2H3. The molecule has 1 nitrogen and oxygen atoms in total. The maximum Gasteiger partial charge on any atom is 0.0718 e. The van der Waals surface area contributed by atoms with E-state index in [1.807, 2.05) is 0 Å². The third-order valence-corrected chi connectivity index (χ3v) is 5.29. The van der Waals surface area contributed by atoms with Gasteiger partial charge in [0.2, 0.25) is 0 Å². The predicted molar refractivity (Wildman–Crippen MR) is 72.5 cm³/mol. The minimum Gasteiger partial charge on any atom is -0.371 e. The largest absolute Gasteiger partial charge is 0.371 e. The predicted octanol–water partition coefficient (Wildman–Crippen LogP) is 4.19. The minimum atomic E-state index is 0.280. The summed E-state index contributed by atoms with van der Waals surface area (Å²) in [5.41, 5.74) is 0.280. The Morgan fingerprint density at radius 3 is 2.67 bits per heavy atom. The molecule has 0 aromatic rings. The molecule has 0 N–H and O–H groups in total. The van der Waals surface area contributed by atoms with Crippen LogP contribution in [0.4, 0.5) is 0 Å². The smallest absolute Gasteiger partial charge is 0.0718 e.